The topological polar surface area (TPSA) is 84.5 Å². The molecule has 0 aliphatic rings. The SMILES string of the molecule is COC[C@H](C)NC(=O)[C@H](Cc1ccccc1)NS(=O)(=O)c1ccc(F)cc1. The van der Waals surface area contributed by atoms with Gasteiger partial charge in [-0.05, 0) is 43.2 Å². The first kappa shape index (κ1) is 21.0. The molecule has 0 unspecified atom stereocenters. The Kier molecular flexibility index (Phi) is 7.46. The molecule has 0 aromatic heterocycles. The number of rotatable bonds is 9. The summed E-state index contributed by atoms with van der Waals surface area (Å²) in [6, 6.07) is 12.2. The fourth-order valence-electron chi connectivity index (χ4n) is 2.54. The molecule has 2 N–H and O–H groups in total. The van der Waals surface area contributed by atoms with Gasteiger partial charge in [-0.15, -0.1) is 0 Å². The first-order valence-corrected chi connectivity index (χ1v) is 9.91. The highest BCUT2D eigenvalue weighted by atomic mass is 32.2. The Labute approximate surface area is 158 Å². The van der Waals surface area contributed by atoms with Crippen molar-refractivity contribution in [1.29, 1.82) is 0 Å². The maximum atomic E-state index is 13.1. The zero-order chi connectivity index (χ0) is 19.9. The molecule has 2 aromatic carbocycles. The van der Waals surface area contributed by atoms with Crippen molar-refractivity contribution in [2.75, 3.05) is 13.7 Å². The molecule has 0 bridgehead atoms. The van der Waals surface area contributed by atoms with Crippen molar-refractivity contribution in [3.8, 4) is 0 Å². The average molecular weight is 394 g/mol. The minimum atomic E-state index is -4.00. The summed E-state index contributed by atoms with van der Waals surface area (Å²) in [5.41, 5.74) is 0.804. The van der Waals surface area contributed by atoms with Crippen LogP contribution in [0.1, 0.15) is 12.5 Å². The number of nitrogens with one attached hydrogen (secondary N) is 2. The van der Waals surface area contributed by atoms with Gasteiger partial charge in [-0.3, -0.25) is 4.79 Å². The molecule has 2 rings (SSSR count). The van der Waals surface area contributed by atoms with Gasteiger partial charge in [0.15, 0.2) is 0 Å². The molecule has 6 nitrogen and oxygen atoms in total. The molecule has 0 heterocycles. The van der Waals surface area contributed by atoms with Gasteiger partial charge in [0.2, 0.25) is 15.9 Å². The van der Waals surface area contributed by atoms with Gasteiger partial charge in [-0.1, -0.05) is 30.3 Å². The van der Waals surface area contributed by atoms with E-state index in [1.165, 1.54) is 7.11 Å². The molecule has 0 saturated carbocycles. The van der Waals surface area contributed by atoms with Crippen LogP contribution in [-0.4, -0.2) is 40.1 Å². The van der Waals surface area contributed by atoms with E-state index < -0.39 is 27.8 Å². The van der Waals surface area contributed by atoms with Gasteiger partial charge in [0.1, 0.15) is 11.9 Å². The predicted molar refractivity (Wildman–Crippen MR) is 100 cm³/mol. The average Bonchev–Trinajstić information content (AvgIpc) is 2.62. The van der Waals surface area contributed by atoms with Crippen LogP contribution in [0.5, 0.6) is 0 Å². The van der Waals surface area contributed by atoms with E-state index >= 15 is 0 Å². The monoisotopic (exact) mass is 394 g/mol. The van der Waals surface area contributed by atoms with Crippen LogP contribution >= 0.6 is 0 Å². The summed E-state index contributed by atoms with van der Waals surface area (Å²) in [7, 11) is -2.48. The van der Waals surface area contributed by atoms with E-state index in [0.717, 1.165) is 29.8 Å². The van der Waals surface area contributed by atoms with E-state index in [1.54, 1.807) is 6.92 Å². The minimum absolute atomic E-state index is 0.111. The van der Waals surface area contributed by atoms with Crippen molar-refractivity contribution in [2.24, 2.45) is 0 Å². The van der Waals surface area contributed by atoms with Crippen molar-refractivity contribution in [3.05, 3.63) is 66.0 Å². The molecule has 27 heavy (non-hydrogen) atoms. The van der Waals surface area contributed by atoms with Crippen LogP contribution in [-0.2, 0) is 26.0 Å². The maximum Gasteiger partial charge on any atom is 0.241 e. The highest BCUT2D eigenvalue weighted by Gasteiger charge is 2.27. The van der Waals surface area contributed by atoms with E-state index in [-0.39, 0.29) is 17.4 Å². The molecule has 1 amide bonds. The lowest BCUT2D eigenvalue weighted by molar-refractivity contribution is -0.123. The van der Waals surface area contributed by atoms with Gasteiger partial charge in [-0.25, -0.2) is 12.8 Å². The number of halogens is 1. The Hall–Kier alpha value is -2.29. The van der Waals surface area contributed by atoms with Crippen molar-refractivity contribution < 1.29 is 22.3 Å². The van der Waals surface area contributed by atoms with Crippen LogP contribution in [0.15, 0.2) is 59.5 Å². The van der Waals surface area contributed by atoms with Crippen molar-refractivity contribution >= 4 is 15.9 Å². The van der Waals surface area contributed by atoms with E-state index in [9.17, 15) is 17.6 Å². The molecular formula is C19H23FN2O4S. The molecule has 0 aliphatic carbocycles. The summed E-state index contributed by atoms with van der Waals surface area (Å²) in [6.45, 7) is 2.06. The summed E-state index contributed by atoms with van der Waals surface area (Å²) in [5, 5.41) is 2.73. The number of ether oxygens (including phenoxy) is 1. The molecule has 0 spiro atoms. The Morgan fingerprint density at radius 2 is 1.74 bits per heavy atom. The number of methoxy groups -OCH3 is 1. The number of carbonyl (C=O) groups excluding carboxylic acids is 1. The molecular weight excluding hydrogens is 371 g/mol. The largest absolute Gasteiger partial charge is 0.383 e. The van der Waals surface area contributed by atoms with Crippen LogP contribution in [0.3, 0.4) is 0 Å². The summed E-state index contributed by atoms with van der Waals surface area (Å²) >= 11 is 0. The molecule has 8 heteroatoms. The van der Waals surface area contributed by atoms with Gasteiger partial charge in [-0.2, -0.15) is 4.72 Å². The first-order chi connectivity index (χ1) is 12.8. The molecule has 146 valence electrons. The maximum absolute atomic E-state index is 13.1. The van der Waals surface area contributed by atoms with Crippen LogP contribution in [0, 0.1) is 5.82 Å². The standard InChI is InChI=1S/C19H23FN2O4S/c1-14(13-26-2)21-19(23)18(12-15-6-4-3-5-7-15)22-27(24,25)17-10-8-16(20)9-11-17/h3-11,14,18,22H,12-13H2,1-2H3,(H,21,23)/t14-,18-/m0/s1. The van der Waals surface area contributed by atoms with Crippen molar-refractivity contribution in [1.82, 2.24) is 10.0 Å². The Morgan fingerprint density at radius 3 is 2.33 bits per heavy atom. The van der Waals surface area contributed by atoms with E-state index in [2.05, 4.69) is 10.0 Å². The zero-order valence-electron chi connectivity index (χ0n) is 15.2. The molecule has 0 saturated heterocycles. The second-order valence-corrected chi connectivity index (χ2v) is 7.90. The lowest BCUT2D eigenvalue weighted by Gasteiger charge is -2.21. The Balaban J connectivity index is 2.22. The number of amides is 1. The van der Waals surface area contributed by atoms with Gasteiger partial charge in [0.05, 0.1) is 11.5 Å². The van der Waals surface area contributed by atoms with Gasteiger partial charge in [0.25, 0.3) is 0 Å². The van der Waals surface area contributed by atoms with Crippen LogP contribution in [0.4, 0.5) is 4.39 Å². The normalized spacial score (nSPS) is 13.7. The number of hydrogen-bond donors (Lipinski definition) is 2. The van der Waals surface area contributed by atoms with Crippen LogP contribution in [0.2, 0.25) is 0 Å². The minimum Gasteiger partial charge on any atom is -0.383 e. The number of benzene rings is 2. The molecule has 2 aromatic rings. The zero-order valence-corrected chi connectivity index (χ0v) is 16.0. The highest BCUT2D eigenvalue weighted by molar-refractivity contribution is 7.89. The lowest BCUT2D eigenvalue weighted by Crippen LogP contribution is -2.50. The van der Waals surface area contributed by atoms with Crippen LogP contribution in [0.25, 0.3) is 0 Å². The fraction of sp³-hybridized carbons (Fsp3) is 0.316. The molecule has 0 fully saturated rings. The molecule has 2 atom stereocenters. The quantitative estimate of drug-likeness (QED) is 0.680. The summed E-state index contributed by atoms with van der Waals surface area (Å²) in [5.74, 6) is -1.00. The highest BCUT2D eigenvalue weighted by Crippen LogP contribution is 2.12. The summed E-state index contributed by atoms with van der Waals surface area (Å²) in [6.07, 6.45) is 0.173. The third-order valence-corrected chi connectivity index (χ3v) is 5.31. The number of carbonyl (C=O) groups is 1. The van der Waals surface area contributed by atoms with E-state index in [0.29, 0.717) is 6.61 Å². The second-order valence-electron chi connectivity index (χ2n) is 6.18. The number of hydrogen-bond acceptors (Lipinski definition) is 4. The van der Waals surface area contributed by atoms with E-state index in [1.807, 2.05) is 30.3 Å². The second kappa shape index (κ2) is 9.59. The van der Waals surface area contributed by atoms with Gasteiger partial charge in [0, 0.05) is 13.2 Å². The van der Waals surface area contributed by atoms with Gasteiger partial charge < -0.3 is 10.1 Å². The first-order valence-electron chi connectivity index (χ1n) is 8.43. The predicted octanol–water partition coefficient (Wildman–Crippen LogP) is 1.87. The molecule has 0 aliphatic heterocycles. The van der Waals surface area contributed by atoms with E-state index in [4.69, 9.17) is 4.74 Å². The fourth-order valence-corrected chi connectivity index (χ4v) is 3.74. The third kappa shape index (κ3) is 6.42. The van der Waals surface area contributed by atoms with Crippen LogP contribution < -0.4 is 10.0 Å². The summed E-state index contributed by atoms with van der Waals surface area (Å²) in [4.78, 5) is 12.5. The van der Waals surface area contributed by atoms with Gasteiger partial charge >= 0.3 is 0 Å². The van der Waals surface area contributed by atoms with Crippen molar-refractivity contribution in [3.63, 3.8) is 0 Å². The summed E-state index contributed by atoms with van der Waals surface area (Å²) < 4.78 is 45.7. The smallest absolute Gasteiger partial charge is 0.241 e. The lowest BCUT2D eigenvalue weighted by atomic mass is 10.1. The Bertz CT molecular complexity index is 842. The Morgan fingerprint density at radius 1 is 1.11 bits per heavy atom. The molecule has 0 radical (unpaired) electrons. The third-order valence-electron chi connectivity index (χ3n) is 3.83. The number of sulfonamides is 1. The van der Waals surface area contributed by atoms with Crippen molar-refractivity contribution in [2.45, 2.75) is 30.3 Å².